The van der Waals surface area contributed by atoms with Crippen molar-refractivity contribution in [1.29, 1.82) is 5.26 Å². The highest BCUT2D eigenvalue weighted by Crippen LogP contribution is 2.41. The Morgan fingerprint density at radius 2 is 1.55 bits per heavy atom. The maximum Gasteiger partial charge on any atom is 0.333 e. The standard InChI is InChI=1S/C22H21N3O3S/c23-14-20-16-8-4-10-18(16)21(19-11-5-9-17(19)20)24-22(26)25-29(27,28)13-12-15-6-2-1-3-7-15/h1-3,6-7,12-13H,4-5,8-11H2,(H2,24,25,26)/b13-12+. The van der Waals surface area contributed by atoms with Crippen LogP contribution in [0.5, 0.6) is 0 Å². The van der Waals surface area contributed by atoms with Gasteiger partial charge in [0, 0.05) is 5.69 Å². The van der Waals surface area contributed by atoms with Crippen molar-refractivity contribution in [3.63, 3.8) is 0 Å². The quantitative estimate of drug-likeness (QED) is 0.808. The normalized spacial score (nSPS) is 15.0. The summed E-state index contributed by atoms with van der Waals surface area (Å²) in [4.78, 5) is 12.5. The minimum absolute atomic E-state index is 0.698. The van der Waals surface area contributed by atoms with Crippen LogP contribution in [-0.2, 0) is 35.7 Å². The molecule has 0 saturated heterocycles. The predicted molar refractivity (Wildman–Crippen MR) is 112 cm³/mol. The van der Waals surface area contributed by atoms with E-state index < -0.39 is 16.1 Å². The van der Waals surface area contributed by atoms with E-state index in [0.717, 1.165) is 77.3 Å². The van der Waals surface area contributed by atoms with Gasteiger partial charge in [-0.1, -0.05) is 30.3 Å². The second-order valence-corrected chi connectivity index (χ2v) is 8.86. The molecule has 0 fully saturated rings. The number of carbonyl (C=O) groups is 1. The van der Waals surface area contributed by atoms with Crippen LogP contribution < -0.4 is 10.0 Å². The number of nitrogens with one attached hydrogen (secondary N) is 2. The lowest BCUT2D eigenvalue weighted by Gasteiger charge is -2.17. The highest BCUT2D eigenvalue weighted by molar-refractivity contribution is 7.93. The van der Waals surface area contributed by atoms with Crippen molar-refractivity contribution < 1.29 is 13.2 Å². The zero-order valence-corrected chi connectivity index (χ0v) is 16.7. The molecule has 0 saturated carbocycles. The van der Waals surface area contributed by atoms with Crippen molar-refractivity contribution in [2.24, 2.45) is 0 Å². The second-order valence-electron chi connectivity index (χ2n) is 7.30. The molecule has 29 heavy (non-hydrogen) atoms. The summed E-state index contributed by atoms with van der Waals surface area (Å²) in [6.07, 6.45) is 6.51. The molecule has 0 unspecified atom stereocenters. The number of nitriles is 1. The summed E-state index contributed by atoms with van der Waals surface area (Å²) < 4.78 is 26.6. The summed E-state index contributed by atoms with van der Waals surface area (Å²) in [5, 5.41) is 13.4. The fourth-order valence-electron chi connectivity index (χ4n) is 4.28. The molecule has 0 bridgehead atoms. The number of hydrogen-bond acceptors (Lipinski definition) is 4. The number of hydrogen-bond donors (Lipinski definition) is 2. The molecule has 148 valence electrons. The first kappa shape index (κ1) is 19.2. The molecule has 2 aliphatic rings. The number of benzene rings is 2. The van der Waals surface area contributed by atoms with Crippen molar-refractivity contribution in [3.05, 3.63) is 69.1 Å². The van der Waals surface area contributed by atoms with Crippen LogP contribution in [0.15, 0.2) is 35.7 Å². The largest absolute Gasteiger partial charge is 0.333 e. The third-order valence-electron chi connectivity index (χ3n) is 5.47. The molecule has 0 radical (unpaired) electrons. The topological polar surface area (TPSA) is 99.1 Å². The molecule has 0 atom stereocenters. The highest BCUT2D eigenvalue weighted by atomic mass is 32.2. The lowest BCUT2D eigenvalue weighted by atomic mass is 9.93. The summed E-state index contributed by atoms with van der Waals surface area (Å²) in [6, 6.07) is 10.6. The summed E-state index contributed by atoms with van der Waals surface area (Å²) in [6.45, 7) is 0. The van der Waals surface area contributed by atoms with Gasteiger partial charge in [0.15, 0.2) is 0 Å². The van der Waals surface area contributed by atoms with Crippen molar-refractivity contribution >= 4 is 27.8 Å². The van der Waals surface area contributed by atoms with Gasteiger partial charge in [-0.15, -0.1) is 0 Å². The monoisotopic (exact) mass is 407 g/mol. The zero-order valence-electron chi connectivity index (χ0n) is 15.9. The van der Waals surface area contributed by atoms with E-state index in [2.05, 4.69) is 16.1 Å². The Bertz CT molecular complexity index is 1110. The van der Waals surface area contributed by atoms with Gasteiger partial charge in [0.05, 0.1) is 17.0 Å². The minimum Gasteiger partial charge on any atom is -0.307 e. The van der Waals surface area contributed by atoms with Crippen molar-refractivity contribution in [2.75, 3.05) is 5.32 Å². The molecule has 6 nitrogen and oxygen atoms in total. The van der Waals surface area contributed by atoms with Gasteiger partial charge < -0.3 is 5.32 Å². The van der Waals surface area contributed by atoms with Gasteiger partial charge >= 0.3 is 6.03 Å². The van der Waals surface area contributed by atoms with Crippen LogP contribution in [0, 0.1) is 11.3 Å². The first-order valence-corrected chi connectivity index (χ1v) is 11.2. The van der Waals surface area contributed by atoms with E-state index >= 15 is 0 Å². The zero-order chi connectivity index (χ0) is 20.4. The fraction of sp³-hybridized carbons (Fsp3) is 0.273. The molecule has 2 aromatic carbocycles. The van der Waals surface area contributed by atoms with Crippen molar-refractivity contribution in [3.8, 4) is 6.07 Å². The lowest BCUT2D eigenvalue weighted by molar-refractivity contribution is 0.256. The first-order valence-electron chi connectivity index (χ1n) is 9.65. The molecule has 7 heteroatoms. The average Bonchev–Trinajstić information content (AvgIpc) is 3.37. The van der Waals surface area contributed by atoms with Crippen LogP contribution in [-0.4, -0.2) is 14.4 Å². The number of urea groups is 1. The summed E-state index contributed by atoms with van der Waals surface area (Å²) >= 11 is 0. The fourth-order valence-corrected chi connectivity index (χ4v) is 4.99. The Morgan fingerprint density at radius 1 is 0.966 bits per heavy atom. The van der Waals surface area contributed by atoms with Gasteiger partial charge in [-0.25, -0.2) is 17.9 Å². The van der Waals surface area contributed by atoms with Gasteiger partial charge in [0.2, 0.25) is 0 Å². The maximum absolute atomic E-state index is 12.5. The molecule has 2 aromatic rings. The Kier molecular flexibility index (Phi) is 5.12. The van der Waals surface area contributed by atoms with Gasteiger partial charge in [-0.05, 0) is 72.4 Å². The summed E-state index contributed by atoms with van der Waals surface area (Å²) in [5.41, 5.74) is 6.16. The third kappa shape index (κ3) is 3.89. The van der Waals surface area contributed by atoms with Crippen molar-refractivity contribution in [1.82, 2.24) is 4.72 Å². The molecule has 4 rings (SSSR count). The van der Waals surface area contributed by atoms with Crippen LogP contribution in [0.2, 0.25) is 0 Å². The number of fused-ring (bicyclic) bond motifs is 2. The molecular weight excluding hydrogens is 386 g/mol. The SMILES string of the molecule is N#Cc1c2c(c(NC(=O)NS(=O)(=O)/C=C/c3ccccc3)c3c1CCC3)CCC2. The Morgan fingerprint density at radius 3 is 2.14 bits per heavy atom. The Balaban J connectivity index is 1.57. The Labute approximate surface area is 170 Å². The minimum atomic E-state index is -3.94. The van der Waals surface area contributed by atoms with Gasteiger partial charge in [0.1, 0.15) is 0 Å². The number of amides is 2. The smallest absolute Gasteiger partial charge is 0.307 e. The van der Waals surface area contributed by atoms with Gasteiger partial charge in [-0.2, -0.15) is 5.26 Å². The number of carbonyl (C=O) groups excluding carboxylic acids is 1. The third-order valence-corrected chi connectivity index (χ3v) is 6.43. The average molecular weight is 407 g/mol. The molecule has 0 heterocycles. The Hall–Kier alpha value is -3.11. The van der Waals surface area contributed by atoms with E-state index in [1.807, 2.05) is 6.07 Å². The van der Waals surface area contributed by atoms with Crippen molar-refractivity contribution in [2.45, 2.75) is 38.5 Å². The molecule has 0 aromatic heterocycles. The van der Waals surface area contributed by atoms with Crippen LogP contribution in [0.1, 0.15) is 46.2 Å². The first-order chi connectivity index (χ1) is 14.0. The molecule has 0 spiro atoms. The van der Waals surface area contributed by atoms with E-state index in [1.165, 1.54) is 6.08 Å². The van der Waals surface area contributed by atoms with E-state index in [-0.39, 0.29) is 0 Å². The van der Waals surface area contributed by atoms with Gasteiger partial charge in [-0.3, -0.25) is 0 Å². The molecule has 2 aliphatic carbocycles. The number of nitrogens with zero attached hydrogens (tertiary/aromatic N) is 1. The van der Waals surface area contributed by atoms with Crippen LogP contribution >= 0.6 is 0 Å². The molecular formula is C22H21N3O3S. The van der Waals surface area contributed by atoms with E-state index in [0.29, 0.717) is 5.69 Å². The molecule has 2 N–H and O–H groups in total. The van der Waals surface area contributed by atoms with E-state index in [9.17, 15) is 18.5 Å². The van der Waals surface area contributed by atoms with Crippen LogP contribution in [0.25, 0.3) is 6.08 Å². The summed E-state index contributed by atoms with van der Waals surface area (Å²) in [7, 11) is -3.94. The maximum atomic E-state index is 12.5. The van der Waals surface area contributed by atoms with Crippen LogP contribution in [0.3, 0.4) is 0 Å². The van der Waals surface area contributed by atoms with Gasteiger partial charge in [0.25, 0.3) is 10.0 Å². The number of sulfonamides is 1. The van der Waals surface area contributed by atoms with Crippen LogP contribution in [0.4, 0.5) is 10.5 Å². The lowest BCUT2D eigenvalue weighted by Crippen LogP contribution is -2.33. The number of anilines is 1. The molecule has 2 amide bonds. The van der Waals surface area contributed by atoms with E-state index in [4.69, 9.17) is 0 Å². The summed E-state index contributed by atoms with van der Waals surface area (Å²) in [5.74, 6) is 0. The van der Waals surface area contributed by atoms with E-state index in [1.54, 1.807) is 24.3 Å². The molecule has 0 aliphatic heterocycles. The second kappa shape index (κ2) is 7.72. The number of rotatable bonds is 4. The predicted octanol–water partition coefficient (Wildman–Crippen LogP) is 3.66. The highest BCUT2D eigenvalue weighted by Gasteiger charge is 2.29.